The molecular formula is C16H11BrN4S. The maximum atomic E-state index is 9.06. The van der Waals surface area contributed by atoms with Crippen molar-refractivity contribution >= 4 is 33.5 Å². The molecule has 0 aliphatic carbocycles. The Morgan fingerprint density at radius 3 is 2.59 bits per heavy atom. The quantitative estimate of drug-likeness (QED) is 0.545. The number of hydrogen-bond donors (Lipinski definition) is 1. The second-order valence-electron chi connectivity index (χ2n) is 4.51. The number of benzene rings is 2. The molecule has 3 rings (SSSR count). The van der Waals surface area contributed by atoms with Gasteiger partial charge in [0.1, 0.15) is 16.9 Å². The summed E-state index contributed by atoms with van der Waals surface area (Å²) in [4.78, 5) is 0.671. The van der Waals surface area contributed by atoms with Crippen molar-refractivity contribution in [3.63, 3.8) is 0 Å². The number of para-hydroxylation sites is 1. The SMILES string of the molecule is N#CSc1c(-c2cccc(Br)c2)nn(-c2ccccc2)c1N. The molecule has 6 heteroatoms. The molecule has 0 atom stereocenters. The minimum atomic E-state index is 0.465. The Morgan fingerprint density at radius 1 is 1.14 bits per heavy atom. The van der Waals surface area contributed by atoms with Crippen molar-refractivity contribution in [3.05, 3.63) is 59.1 Å². The Kier molecular flexibility index (Phi) is 4.18. The first-order valence-corrected chi connectivity index (χ1v) is 8.07. The van der Waals surface area contributed by atoms with Crippen LogP contribution in [0.1, 0.15) is 0 Å². The van der Waals surface area contributed by atoms with Crippen LogP contribution in [0.3, 0.4) is 0 Å². The molecule has 0 aliphatic heterocycles. The van der Waals surface area contributed by atoms with E-state index in [1.165, 1.54) is 0 Å². The summed E-state index contributed by atoms with van der Waals surface area (Å²) in [7, 11) is 0. The van der Waals surface area contributed by atoms with Gasteiger partial charge in [0.15, 0.2) is 0 Å². The van der Waals surface area contributed by atoms with Gasteiger partial charge in [-0.2, -0.15) is 10.4 Å². The summed E-state index contributed by atoms with van der Waals surface area (Å²) in [5.74, 6) is 0.465. The number of nitriles is 1. The third-order valence-electron chi connectivity index (χ3n) is 3.12. The molecule has 1 heterocycles. The zero-order chi connectivity index (χ0) is 15.5. The first-order valence-electron chi connectivity index (χ1n) is 6.46. The number of nitrogens with zero attached hydrogens (tertiary/aromatic N) is 3. The van der Waals surface area contributed by atoms with Gasteiger partial charge in [0.25, 0.3) is 0 Å². The summed E-state index contributed by atoms with van der Waals surface area (Å²) in [6.45, 7) is 0. The standard InChI is InChI=1S/C16H11BrN4S/c17-12-6-4-5-11(9-12)14-15(22-10-18)16(19)21(20-14)13-7-2-1-3-8-13/h1-9H,19H2. The Hall–Kier alpha value is -2.23. The number of halogens is 1. The Morgan fingerprint density at radius 2 is 1.91 bits per heavy atom. The monoisotopic (exact) mass is 370 g/mol. The van der Waals surface area contributed by atoms with Crippen LogP contribution in [0.25, 0.3) is 16.9 Å². The van der Waals surface area contributed by atoms with Crippen molar-refractivity contribution in [2.45, 2.75) is 4.90 Å². The van der Waals surface area contributed by atoms with Gasteiger partial charge in [0, 0.05) is 10.0 Å². The van der Waals surface area contributed by atoms with Gasteiger partial charge in [-0.1, -0.05) is 46.3 Å². The zero-order valence-electron chi connectivity index (χ0n) is 11.4. The maximum Gasteiger partial charge on any atom is 0.142 e. The number of anilines is 1. The topological polar surface area (TPSA) is 67.6 Å². The van der Waals surface area contributed by atoms with E-state index in [1.54, 1.807) is 4.68 Å². The van der Waals surface area contributed by atoms with Gasteiger partial charge in [-0.05, 0) is 36.0 Å². The number of rotatable bonds is 3. The second-order valence-corrected chi connectivity index (χ2v) is 6.22. The Labute approximate surface area is 140 Å². The lowest BCUT2D eigenvalue weighted by molar-refractivity contribution is 0.895. The van der Waals surface area contributed by atoms with Crippen molar-refractivity contribution in [2.24, 2.45) is 0 Å². The summed E-state index contributed by atoms with van der Waals surface area (Å²) >= 11 is 4.48. The van der Waals surface area contributed by atoms with E-state index < -0.39 is 0 Å². The van der Waals surface area contributed by atoms with Crippen molar-refractivity contribution in [3.8, 4) is 22.3 Å². The second kappa shape index (κ2) is 6.26. The van der Waals surface area contributed by atoms with E-state index >= 15 is 0 Å². The lowest BCUT2D eigenvalue weighted by Crippen LogP contribution is -2.01. The Bertz CT molecular complexity index is 852. The van der Waals surface area contributed by atoms with Crippen molar-refractivity contribution < 1.29 is 0 Å². The normalized spacial score (nSPS) is 10.4. The first kappa shape index (κ1) is 14.7. The summed E-state index contributed by atoms with van der Waals surface area (Å²) in [5.41, 5.74) is 8.69. The minimum Gasteiger partial charge on any atom is -0.383 e. The molecule has 108 valence electrons. The fourth-order valence-corrected chi connectivity index (χ4v) is 3.09. The first-order chi connectivity index (χ1) is 10.7. The fourth-order valence-electron chi connectivity index (χ4n) is 2.15. The molecule has 0 spiro atoms. The average molecular weight is 371 g/mol. The van der Waals surface area contributed by atoms with Crippen LogP contribution in [0, 0.1) is 10.7 Å². The van der Waals surface area contributed by atoms with Crippen molar-refractivity contribution in [1.82, 2.24) is 9.78 Å². The highest BCUT2D eigenvalue weighted by Gasteiger charge is 2.18. The van der Waals surface area contributed by atoms with Gasteiger partial charge in [-0.25, -0.2) is 4.68 Å². The lowest BCUT2D eigenvalue weighted by Gasteiger charge is -2.02. The van der Waals surface area contributed by atoms with E-state index in [9.17, 15) is 0 Å². The number of thiocyanates is 1. The molecule has 0 unspecified atom stereocenters. The maximum absolute atomic E-state index is 9.06. The number of thioether (sulfide) groups is 1. The van der Waals surface area contributed by atoms with Crippen LogP contribution in [-0.4, -0.2) is 9.78 Å². The highest BCUT2D eigenvalue weighted by Crippen LogP contribution is 2.37. The fraction of sp³-hybridized carbons (Fsp3) is 0. The van der Waals surface area contributed by atoms with Gasteiger partial charge < -0.3 is 5.73 Å². The third-order valence-corrected chi connectivity index (χ3v) is 4.31. The van der Waals surface area contributed by atoms with Crippen LogP contribution in [-0.2, 0) is 0 Å². The van der Waals surface area contributed by atoms with Crippen LogP contribution in [0.5, 0.6) is 0 Å². The molecule has 0 saturated carbocycles. The molecule has 0 saturated heterocycles. The van der Waals surface area contributed by atoms with Crippen LogP contribution in [0.2, 0.25) is 0 Å². The number of aromatic nitrogens is 2. The van der Waals surface area contributed by atoms with Gasteiger partial charge in [0.2, 0.25) is 0 Å². The minimum absolute atomic E-state index is 0.465. The highest BCUT2D eigenvalue weighted by molar-refractivity contribution is 9.10. The number of nitrogens with two attached hydrogens (primary N) is 1. The molecule has 2 aromatic carbocycles. The van der Waals surface area contributed by atoms with E-state index in [0.717, 1.165) is 27.5 Å². The largest absolute Gasteiger partial charge is 0.383 e. The van der Waals surface area contributed by atoms with Crippen LogP contribution in [0.15, 0.2) is 64.0 Å². The predicted octanol–water partition coefficient (Wildman–Crippen LogP) is 4.46. The van der Waals surface area contributed by atoms with Gasteiger partial charge >= 0.3 is 0 Å². The van der Waals surface area contributed by atoms with Crippen LogP contribution < -0.4 is 5.73 Å². The van der Waals surface area contributed by atoms with Gasteiger partial charge in [0.05, 0.1) is 10.6 Å². The van der Waals surface area contributed by atoms with E-state index in [1.807, 2.05) is 54.6 Å². The highest BCUT2D eigenvalue weighted by atomic mass is 79.9. The molecule has 2 N–H and O–H groups in total. The summed E-state index contributed by atoms with van der Waals surface area (Å²) in [5, 5.41) is 15.8. The van der Waals surface area contributed by atoms with Crippen LogP contribution in [0.4, 0.5) is 5.82 Å². The van der Waals surface area contributed by atoms with Gasteiger partial charge in [-0.15, -0.1) is 0 Å². The molecular weight excluding hydrogens is 360 g/mol. The van der Waals surface area contributed by atoms with Crippen LogP contribution >= 0.6 is 27.7 Å². The lowest BCUT2D eigenvalue weighted by atomic mass is 10.1. The summed E-state index contributed by atoms with van der Waals surface area (Å²) in [6, 6.07) is 17.4. The van der Waals surface area contributed by atoms with E-state index in [-0.39, 0.29) is 0 Å². The molecule has 0 bridgehead atoms. The van der Waals surface area contributed by atoms with Gasteiger partial charge in [-0.3, -0.25) is 0 Å². The van der Waals surface area contributed by atoms with Crippen molar-refractivity contribution in [2.75, 3.05) is 5.73 Å². The zero-order valence-corrected chi connectivity index (χ0v) is 13.8. The molecule has 1 aromatic heterocycles. The molecule has 0 amide bonds. The smallest absolute Gasteiger partial charge is 0.142 e. The molecule has 22 heavy (non-hydrogen) atoms. The van der Waals surface area contributed by atoms with E-state index in [2.05, 4.69) is 26.4 Å². The molecule has 0 radical (unpaired) electrons. The van der Waals surface area contributed by atoms with Crippen molar-refractivity contribution in [1.29, 1.82) is 5.26 Å². The Balaban J connectivity index is 2.20. The predicted molar refractivity (Wildman–Crippen MR) is 92.6 cm³/mol. The average Bonchev–Trinajstić information content (AvgIpc) is 2.86. The molecule has 3 aromatic rings. The molecule has 0 aliphatic rings. The van der Waals surface area contributed by atoms with E-state index in [0.29, 0.717) is 16.4 Å². The number of nitrogen functional groups attached to an aromatic ring is 1. The summed E-state index contributed by atoms with van der Waals surface area (Å²) < 4.78 is 2.61. The summed E-state index contributed by atoms with van der Waals surface area (Å²) in [6.07, 6.45) is 0. The number of hydrogen-bond acceptors (Lipinski definition) is 4. The molecule has 4 nitrogen and oxygen atoms in total. The van der Waals surface area contributed by atoms with E-state index in [4.69, 9.17) is 11.0 Å². The third kappa shape index (κ3) is 2.73. The molecule has 0 fully saturated rings.